The van der Waals surface area contributed by atoms with Crippen molar-refractivity contribution in [2.75, 3.05) is 12.4 Å². The molecule has 0 fully saturated rings. The maximum absolute atomic E-state index is 10.9. The van der Waals surface area contributed by atoms with Gasteiger partial charge in [-0.15, -0.1) is 0 Å². The highest BCUT2D eigenvalue weighted by Crippen LogP contribution is 2.13. The van der Waals surface area contributed by atoms with Crippen LogP contribution in [0.1, 0.15) is 0 Å². The molecule has 0 bridgehead atoms. The van der Waals surface area contributed by atoms with Crippen LogP contribution < -0.4 is 10.9 Å². The molecule has 4 nitrogen and oxygen atoms in total. The van der Waals surface area contributed by atoms with Gasteiger partial charge >= 0.3 is 0 Å². The van der Waals surface area contributed by atoms with E-state index in [4.69, 9.17) is 23.2 Å². The molecule has 0 aliphatic rings. The minimum absolute atomic E-state index is 0.0110. The summed E-state index contributed by atoms with van der Waals surface area (Å²) in [4.78, 5) is 16.8. The van der Waals surface area contributed by atoms with E-state index in [1.807, 2.05) is 0 Å². The molecule has 0 aliphatic carbocycles. The van der Waals surface area contributed by atoms with E-state index < -0.39 is 5.56 Å². The maximum atomic E-state index is 10.9. The van der Waals surface area contributed by atoms with E-state index in [-0.39, 0.29) is 16.1 Å². The quantitative estimate of drug-likeness (QED) is 0.658. The van der Waals surface area contributed by atoms with Crippen LogP contribution in [0, 0.1) is 0 Å². The van der Waals surface area contributed by atoms with Crippen molar-refractivity contribution in [3.8, 4) is 0 Å². The zero-order chi connectivity index (χ0) is 8.43. The molecule has 0 unspecified atom stereocenters. The first-order chi connectivity index (χ1) is 5.15. The zero-order valence-electron chi connectivity index (χ0n) is 5.61. The van der Waals surface area contributed by atoms with Crippen molar-refractivity contribution in [2.45, 2.75) is 0 Å². The highest BCUT2D eigenvalue weighted by molar-refractivity contribution is 6.33. The standard InChI is InChI=1S/C5H5Cl2N3O/c1-8-3-2(6)4(11)10-5(7)9-3/h1H3,(H2,8,9,10,11). The van der Waals surface area contributed by atoms with E-state index in [0.717, 1.165) is 0 Å². The van der Waals surface area contributed by atoms with Gasteiger partial charge < -0.3 is 5.32 Å². The van der Waals surface area contributed by atoms with Gasteiger partial charge in [0, 0.05) is 7.05 Å². The number of nitrogens with zero attached hydrogens (tertiary/aromatic N) is 1. The molecule has 0 amide bonds. The first-order valence-electron chi connectivity index (χ1n) is 2.78. The molecular formula is C5H5Cl2N3O. The van der Waals surface area contributed by atoms with Crippen LogP contribution in [0.25, 0.3) is 0 Å². The summed E-state index contributed by atoms with van der Waals surface area (Å²) in [6.45, 7) is 0. The Labute approximate surface area is 72.6 Å². The molecule has 11 heavy (non-hydrogen) atoms. The Bertz CT molecular complexity index is 322. The van der Waals surface area contributed by atoms with Gasteiger partial charge in [0.25, 0.3) is 5.56 Å². The van der Waals surface area contributed by atoms with E-state index in [1.54, 1.807) is 7.05 Å². The predicted octanol–water partition coefficient (Wildman–Crippen LogP) is 1.12. The van der Waals surface area contributed by atoms with Crippen LogP contribution >= 0.6 is 23.2 Å². The fraction of sp³-hybridized carbons (Fsp3) is 0.200. The summed E-state index contributed by atoms with van der Waals surface area (Å²) in [6.07, 6.45) is 0. The second-order valence-electron chi connectivity index (χ2n) is 1.77. The summed E-state index contributed by atoms with van der Waals surface area (Å²) < 4.78 is 0. The molecular weight excluding hydrogens is 189 g/mol. The van der Waals surface area contributed by atoms with Crippen LogP contribution in [-0.4, -0.2) is 17.0 Å². The van der Waals surface area contributed by atoms with Crippen LogP contribution in [-0.2, 0) is 0 Å². The Morgan fingerprint density at radius 2 is 2.18 bits per heavy atom. The highest BCUT2D eigenvalue weighted by atomic mass is 35.5. The lowest BCUT2D eigenvalue weighted by Crippen LogP contribution is -2.10. The van der Waals surface area contributed by atoms with Crippen LogP contribution in [0.2, 0.25) is 10.3 Å². The lowest BCUT2D eigenvalue weighted by atomic mass is 10.6. The summed E-state index contributed by atoms with van der Waals surface area (Å²) in [5, 5.41) is 2.66. The van der Waals surface area contributed by atoms with E-state index >= 15 is 0 Å². The molecule has 1 heterocycles. The van der Waals surface area contributed by atoms with E-state index in [9.17, 15) is 4.79 Å². The van der Waals surface area contributed by atoms with Crippen molar-refractivity contribution in [1.29, 1.82) is 0 Å². The second kappa shape index (κ2) is 3.11. The van der Waals surface area contributed by atoms with Crippen molar-refractivity contribution < 1.29 is 0 Å². The molecule has 0 saturated heterocycles. The van der Waals surface area contributed by atoms with Gasteiger partial charge in [-0.25, -0.2) is 4.98 Å². The molecule has 0 saturated carbocycles. The van der Waals surface area contributed by atoms with Gasteiger partial charge in [0.15, 0.2) is 5.82 Å². The highest BCUT2D eigenvalue weighted by Gasteiger charge is 2.05. The Balaban J connectivity index is 3.36. The van der Waals surface area contributed by atoms with Gasteiger partial charge in [0.2, 0.25) is 5.28 Å². The summed E-state index contributed by atoms with van der Waals surface area (Å²) in [5.74, 6) is 0.278. The molecule has 0 radical (unpaired) electrons. The van der Waals surface area contributed by atoms with Crippen molar-refractivity contribution >= 4 is 29.0 Å². The number of H-pyrrole nitrogens is 1. The number of rotatable bonds is 1. The minimum atomic E-state index is -0.448. The van der Waals surface area contributed by atoms with Crippen LogP contribution in [0.4, 0.5) is 5.82 Å². The normalized spacial score (nSPS) is 9.73. The largest absolute Gasteiger partial charge is 0.372 e. The predicted molar refractivity (Wildman–Crippen MR) is 44.4 cm³/mol. The van der Waals surface area contributed by atoms with Crippen LogP contribution in [0.3, 0.4) is 0 Å². The first-order valence-corrected chi connectivity index (χ1v) is 3.54. The van der Waals surface area contributed by atoms with Gasteiger partial charge in [-0.05, 0) is 11.6 Å². The van der Waals surface area contributed by atoms with Gasteiger partial charge in [0.1, 0.15) is 5.02 Å². The number of hydrogen-bond donors (Lipinski definition) is 2. The molecule has 6 heteroatoms. The molecule has 60 valence electrons. The Hall–Kier alpha value is -0.740. The van der Waals surface area contributed by atoms with E-state index in [2.05, 4.69) is 15.3 Å². The second-order valence-corrected chi connectivity index (χ2v) is 2.51. The van der Waals surface area contributed by atoms with Crippen molar-refractivity contribution in [2.24, 2.45) is 0 Å². The zero-order valence-corrected chi connectivity index (χ0v) is 7.12. The van der Waals surface area contributed by atoms with Crippen LogP contribution in [0.15, 0.2) is 4.79 Å². The number of halogens is 2. The average Bonchev–Trinajstić information content (AvgIpc) is 1.96. The van der Waals surface area contributed by atoms with Gasteiger partial charge in [-0.3, -0.25) is 9.78 Å². The molecule has 0 aromatic carbocycles. The smallest absolute Gasteiger partial charge is 0.272 e. The third-order valence-electron chi connectivity index (χ3n) is 1.07. The monoisotopic (exact) mass is 193 g/mol. The van der Waals surface area contributed by atoms with Crippen molar-refractivity contribution in [3.05, 3.63) is 20.7 Å². The fourth-order valence-corrected chi connectivity index (χ4v) is 0.951. The lowest BCUT2D eigenvalue weighted by molar-refractivity contribution is 1.11. The van der Waals surface area contributed by atoms with Gasteiger partial charge in [-0.1, -0.05) is 11.6 Å². The summed E-state index contributed by atoms with van der Waals surface area (Å²) in [7, 11) is 1.60. The van der Waals surface area contributed by atoms with E-state index in [0.29, 0.717) is 0 Å². The molecule has 2 N–H and O–H groups in total. The Kier molecular flexibility index (Phi) is 2.36. The molecule has 0 atom stereocenters. The maximum Gasteiger partial charge on any atom is 0.272 e. The summed E-state index contributed by atoms with van der Waals surface area (Å²) >= 11 is 11.0. The molecule has 0 aliphatic heterocycles. The van der Waals surface area contributed by atoms with Crippen molar-refractivity contribution in [1.82, 2.24) is 9.97 Å². The third kappa shape index (κ3) is 1.64. The van der Waals surface area contributed by atoms with Gasteiger partial charge in [0.05, 0.1) is 0 Å². The molecule has 1 aromatic heterocycles. The topological polar surface area (TPSA) is 57.8 Å². The number of nitrogens with one attached hydrogen (secondary N) is 2. The Morgan fingerprint density at radius 1 is 1.55 bits per heavy atom. The number of aromatic nitrogens is 2. The third-order valence-corrected chi connectivity index (χ3v) is 1.60. The number of anilines is 1. The lowest BCUT2D eigenvalue weighted by Gasteiger charge is -1.99. The molecule has 1 aromatic rings. The SMILES string of the molecule is CNc1nc(Cl)[nH]c(=O)c1Cl. The average molecular weight is 194 g/mol. The summed E-state index contributed by atoms with van der Waals surface area (Å²) in [6, 6.07) is 0. The van der Waals surface area contributed by atoms with Gasteiger partial charge in [-0.2, -0.15) is 0 Å². The number of aromatic amines is 1. The van der Waals surface area contributed by atoms with Crippen molar-refractivity contribution in [3.63, 3.8) is 0 Å². The minimum Gasteiger partial charge on any atom is -0.372 e. The fourth-order valence-electron chi connectivity index (χ4n) is 0.597. The van der Waals surface area contributed by atoms with Crippen LogP contribution in [0.5, 0.6) is 0 Å². The summed E-state index contributed by atoms with van der Waals surface area (Å²) in [5.41, 5.74) is -0.448. The molecule has 1 rings (SSSR count). The number of hydrogen-bond acceptors (Lipinski definition) is 3. The molecule has 0 spiro atoms. The Morgan fingerprint density at radius 3 is 2.73 bits per heavy atom. The first kappa shape index (κ1) is 8.36. The van der Waals surface area contributed by atoms with E-state index in [1.165, 1.54) is 0 Å².